The van der Waals surface area contributed by atoms with E-state index < -0.39 is 5.60 Å². The first-order valence-corrected chi connectivity index (χ1v) is 9.26. The van der Waals surface area contributed by atoms with Crippen LogP contribution < -0.4 is 5.32 Å². The fourth-order valence-corrected chi connectivity index (χ4v) is 3.26. The maximum Gasteiger partial charge on any atom is 0.123 e. The quantitative estimate of drug-likeness (QED) is 0.743. The Morgan fingerprint density at radius 2 is 1.81 bits per heavy atom. The van der Waals surface area contributed by atoms with Crippen LogP contribution in [0.15, 0.2) is 48.7 Å². The number of aryl methyl sites for hydroxylation is 1. The third-order valence-corrected chi connectivity index (χ3v) is 4.63. The van der Waals surface area contributed by atoms with Crippen molar-refractivity contribution >= 4 is 0 Å². The molecule has 1 fully saturated rings. The third-order valence-electron chi connectivity index (χ3n) is 4.63. The van der Waals surface area contributed by atoms with Crippen LogP contribution in [0.5, 0.6) is 0 Å². The number of nitrogens with zero attached hydrogens (tertiary/aromatic N) is 3. The Hall–Kier alpha value is -2.57. The molecular weight excluding hydrogens is 343 g/mol. The normalized spacial score (nSPS) is 18.9. The molecular formula is C21H25FN4O. The SMILES string of the molecule is CC.Cn1ccc(-c2nc(-c3ccc(F)cc3)ccc2C2(O)CCNC2)n1. The van der Waals surface area contributed by atoms with Crippen molar-refractivity contribution in [3.63, 3.8) is 0 Å². The van der Waals surface area contributed by atoms with Crippen LogP contribution in [0.1, 0.15) is 25.8 Å². The second kappa shape index (κ2) is 7.98. The second-order valence-electron chi connectivity index (χ2n) is 6.43. The van der Waals surface area contributed by atoms with Gasteiger partial charge in [0.1, 0.15) is 17.1 Å². The zero-order chi connectivity index (χ0) is 19.4. The molecule has 3 aromatic rings. The Morgan fingerprint density at radius 1 is 1.07 bits per heavy atom. The number of aliphatic hydroxyl groups is 1. The fourth-order valence-electron chi connectivity index (χ4n) is 3.26. The number of nitrogens with one attached hydrogen (secondary N) is 1. The largest absolute Gasteiger partial charge is 0.384 e. The molecule has 1 aromatic carbocycles. The van der Waals surface area contributed by atoms with Gasteiger partial charge in [0.25, 0.3) is 0 Å². The smallest absolute Gasteiger partial charge is 0.123 e. The molecule has 27 heavy (non-hydrogen) atoms. The van der Waals surface area contributed by atoms with Crippen molar-refractivity contribution in [1.82, 2.24) is 20.1 Å². The van der Waals surface area contributed by atoms with Crippen LogP contribution in [-0.4, -0.2) is 33.0 Å². The lowest BCUT2D eigenvalue weighted by molar-refractivity contribution is 0.0590. The number of benzene rings is 1. The maximum atomic E-state index is 13.2. The number of hydrogen-bond acceptors (Lipinski definition) is 4. The summed E-state index contributed by atoms with van der Waals surface area (Å²) < 4.78 is 14.9. The number of rotatable bonds is 3. The molecule has 0 bridgehead atoms. The van der Waals surface area contributed by atoms with Gasteiger partial charge in [-0.2, -0.15) is 5.10 Å². The topological polar surface area (TPSA) is 63.0 Å². The molecule has 1 atom stereocenters. The first-order valence-electron chi connectivity index (χ1n) is 9.26. The van der Waals surface area contributed by atoms with Gasteiger partial charge >= 0.3 is 0 Å². The summed E-state index contributed by atoms with van der Waals surface area (Å²) >= 11 is 0. The van der Waals surface area contributed by atoms with E-state index in [0.29, 0.717) is 24.4 Å². The first-order chi connectivity index (χ1) is 13.0. The van der Waals surface area contributed by atoms with Gasteiger partial charge in [0.15, 0.2) is 0 Å². The van der Waals surface area contributed by atoms with Crippen molar-refractivity contribution in [2.24, 2.45) is 7.05 Å². The minimum atomic E-state index is -0.957. The molecule has 1 unspecified atom stereocenters. The number of aromatic nitrogens is 3. The lowest BCUT2D eigenvalue weighted by atomic mass is 9.90. The molecule has 3 heterocycles. The summed E-state index contributed by atoms with van der Waals surface area (Å²) in [6.45, 7) is 5.25. The predicted octanol–water partition coefficient (Wildman–Crippen LogP) is 3.50. The van der Waals surface area contributed by atoms with Crippen LogP contribution in [0.2, 0.25) is 0 Å². The highest BCUT2D eigenvalue weighted by molar-refractivity contribution is 5.67. The van der Waals surface area contributed by atoms with Crippen molar-refractivity contribution in [1.29, 1.82) is 0 Å². The summed E-state index contributed by atoms with van der Waals surface area (Å²) in [6, 6.07) is 11.9. The van der Waals surface area contributed by atoms with Gasteiger partial charge in [0, 0.05) is 30.9 Å². The highest BCUT2D eigenvalue weighted by Gasteiger charge is 2.36. The Morgan fingerprint density at radius 3 is 2.41 bits per heavy atom. The molecule has 2 N–H and O–H groups in total. The van der Waals surface area contributed by atoms with Gasteiger partial charge in [-0.05, 0) is 49.4 Å². The average Bonchev–Trinajstić information content (AvgIpc) is 3.33. The molecule has 0 aliphatic carbocycles. The van der Waals surface area contributed by atoms with Crippen molar-refractivity contribution < 1.29 is 9.50 Å². The monoisotopic (exact) mass is 368 g/mol. The first kappa shape index (κ1) is 19.2. The minimum Gasteiger partial charge on any atom is -0.384 e. The van der Waals surface area contributed by atoms with E-state index in [2.05, 4.69) is 10.4 Å². The van der Waals surface area contributed by atoms with E-state index >= 15 is 0 Å². The van der Waals surface area contributed by atoms with Crippen molar-refractivity contribution in [2.45, 2.75) is 25.9 Å². The summed E-state index contributed by atoms with van der Waals surface area (Å²) in [5, 5.41) is 18.7. The minimum absolute atomic E-state index is 0.281. The number of pyridine rings is 1. The van der Waals surface area contributed by atoms with Crippen LogP contribution in [0.25, 0.3) is 22.6 Å². The highest BCUT2D eigenvalue weighted by Crippen LogP contribution is 2.35. The summed E-state index contributed by atoms with van der Waals surface area (Å²) in [7, 11) is 1.85. The van der Waals surface area contributed by atoms with Gasteiger partial charge in [0.05, 0.1) is 11.4 Å². The molecule has 2 aromatic heterocycles. The van der Waals surface area contributed by atoms with Crippen LogP contribution >= 0.6 is 0 Å². The van der Waals surface area contributed by atoms with E-state index in [9.17, 15) is 9.50 Å². The van der Waals surface area contributed by atoms with Crippen molar-refractivity contribution in [3.05, 3.63) is 60.0 Å². The molecule has 1 aliphatic heterocycles. The van der Waals surface area contributed by atoms with E-state index in [1.54, 1.807) is 16.8 Å². The van der Waals surface area contributed by atoms with E-state index in [-0.39, 0.29) is 5.82 Å². The van der Waals surface area contributed by atoms with Crippen LogP contribution in [0, 0.1) is 5.82 Å². The number of β-amino-alcohol motifs (C(OH)–C–C–N with tert-alkyl or cyclic N) is 1. The molecule has 4 rings (SSSR count). The fraction of sp³-hybridized carbons (Fsp3) is 0.333. The molecule has 0 amide bonds. The Kier molecular flexibility index (Phi) is 5.68. The second-order valence-corrected chi connectivity index (χ2v) is 6.43. The molecule has 0 saturated carbocycles. The lowest BCUT2D eigenvalue weighted by Gasteiger charge is -2.24. The Balaban J connectivity index is 0.00000102. The summed E-state index contributed by atoms with van der Waals surface area (Å²) in [5.41, 5.74) is 2.72. The summed E-state index contributed by atoms with van der Waals surface area (Å²) in [6.07, 6.45) is 2.48. The molecule has 5 nitrogen and oxygen atoms in total. The molecule has 0 spiro atoms. The predicted molar refractivity (Wildman–Crippen MR) is 105 cm³/mol. The van der Waals surface area contributed by atoms with Crippen LogP contribution in [0.4, 0.5) is 4.39 Å². The van der Waals surface area contributed by atoms with Crippen molar-refractivity contribution in [3.8, 4) is 22.6 Å². The van der Waals surface area contributed by atoms with Crippen LogP contribution in [-0.2, 0) is 12.6 Å². The van der Waals surface area contributed by atoms with Gasteiger partial charge in [0.2, 0.25) is 0 Å². The number of halogens is 1. The van der Waals surface area contributed by atoms with E-state index in [4.69, 9.17) is 4.98 Å². The Bertz CT molecular complexity index is 899. The molecule has 6 heteroatoms. The lowest BCUT2D eigenvalue weighted by Crippen LogP contribution is -2.29. The molecule has 142 valence electrons. The third kappa shape index (κ3) is 3.91. The molecule has 1 saturated heterocycles. The van der Waals surface area contributed by atoms with Gasteiger partial charge in [-0.1, -0.05) is 19.9 Å². The van der Waals surface area contributed by atoms with Gasteiger partial charge in [-0.3, -0.25) is 4.68 Å². The Labute approximate surface area is 158 Å². The van der Waals surface area contributed by atoms with Gasteiger partial charge < -0.3 is 10.4 Å². The van der Waals surface area contributed by atoms with Gasteiger partial charge in [-0.15, -0.1) is 0 Å². The standard InChI is InChI=1S/C19H19FN4O.C2H6/c1-24-11-8-17(23-24)18-15(19(25)9-10-21-12-19)6-7-16(22-18)13-2-4-14(20)5-3-13;1-2/h2-8,11,21,25H,9-10,12H2,1H3;1-2H3. The van der Waals surface area contributed by atoms with E-state index in [1.165, 1.54) is 12.1 Å². The van der Waals surface area contributed by atoms with E-state index in [1.807, 2.05) is 45.3 Å². The zero-order valence-corrected chi connectivity index (χ0v) is 15.9. The highest BCUT2D eigenvalue weighted by atomic mass is 19.1. The van der Waals surface area contributed by atoms with E-state index in [0.717, 1.165) is 23.4 Å². The average molecular weight is 368 g/mol. The molecule has 1 aliphatic rings. The van der Waals surface area contributed by atoms with Gasteiger partial charge in [-0.25, -0.2) is 9.37 Å². The maximum absolute atomic E-state index is 13.2. The summed E-state index contributed by atoms with van der Waals surface area (Å²) in [4.78, 5) is 4.76. The zero-order valence-electron chi connectivity index (χ0n) is 15.9. The number of hydrogen-bond donors (Lipinski definition) is 2. The van der Waals surface area contributed by atoms with Crippen molar-refractivity contribution in [2.75, 3.05) is 13.1 Å². The van der Waals surface area contributed by atoms with Crippen LogP contribution in [0.3, 0.4) is 0 Å². The molecule has 0 radical (unpaired) electrons. The summed E-state index contributed by atoms with van der Waals surface area (Å²) in [5.74, 6) is -0.281.